The molecule has 6 heteroatoms. The average molecular weight is 276 g/mol. The molecular weight excluding hydrogens is 256 g/mol. The molecule has 0 aliphatic heterocycles. The minimum atomic E-state index is 0.0443. The maximum Gasteiger partial charge on any atom is 0.320 e. The van der Waals surface area contributed by atoms with Crippen LogP contribution < -0.4 is 10.6 Å². The minimum Gasteiger partial charge on any atom is -0.406 e. The summed E-state index contributed by atoms with van der Waals surface area (Å²) in [5.41, 5.74) is 1.98. The van der Waals surface area contributed by atoms with E-state index >= 15 is 0 Å². The molecule has 0 aliphatic rings. The number of anilines is 2. The van der Waals surface area contributed by atoms with Crippen molar-refractivity contribution in [1.29, 1.82) is 0 Å². The summed E-state index contributed by atoms with van der Waals surface area (Å²) < 4.78 is 10.7. The average Bonchev–Trinajstić information content (AvgIpc) is 2.88. The van der Waals surface area contributed by atoms with Crippen LogP contribution in [0.5, 0.6) is 0 Å². The van der Waals surface area contributed by atoms with Crippen LogP contribution in [-0.2, 0) is 11.3 Å². The molecule has 6 nitrogen and oxygen atoms in total. The van der Waals surface area contributed by atoms with E-state index in [9.17, 15) is 0 Å². The van der Waals surface area contributed by atoms with Gasteiger partial charge in [0.25, 0.3) is 0 Å². The minimum absolute atomic E-state index is 0.0443. The number of nitrogens with one attached hydrogen (secondary N) is 2. The lowest BCUT2D eigenvalue weighted by Crippen LogP contribution is -2.17. The second kappa shape index (κ2) is 7.02. The summed E-state index contributed by atoms with van der Waals surface area (Å²) >= 11 is 0. The van der Waals surface area contributed by atoms with Gasteiger partial charge in [-0.05, 0) is 31.2 Å². The molecule has 0 saturated carbocycles. The Morgan fingerprint density at radius 3 is 2.95 bits per heavy atom. The normalized spacial score (nSPS) is 12.3. The number of nitrogens with zero attached hydrogens (tertiary/aromatic N) is 2. The van der Waals surface area contributed by atoms with Gasteiger partial charge in [0.05, 0.1) is 12.6 Å². The first-order valence-corrected chi connectivity index (χ1v) is 6.64. The van der Waals surface area contributed by atoms with Crippen LogP contribution in [0.25, 0.3) is 0 Å². The quantitative estimate of drug-likeness (QED) is 0.810. The van der Waals surface area contributed by atoms with Crippen molar-refractivity contribution in [2.45, 2.75) is 26.5 Å². The van der Waals surface area contributed by atoms with Gasteiger partial charge in [-0.25, -0.2) is 0 Å². The van der Waals surface area contributed by atoms with E-state index in [1.807, 2.05) is 38.1 Å². The van der Waals surface area contributed by atoms with Gasteiger partial charge >= 0.3 is 6.01 Å². The van der Waals surface area contributed by atoms with Crippen molar-refractivity contribution in [2.24, 2.45) is 0 Å². The molecule has 1 aromatic heterocycles. The molecule has 0 aliphatic carbocycles. The zero-order chi connectivity index (χ0) is 14.4. The summed E-state index contributed by atoms with van der Waals surface area (Å²) in [4.78, 5) is 0. The SMILES string of the molecule is CCNC(C)c1nnc(Nc2cccc(COC)c2)o1. The highest BCUT2D eigenvalue weighted by atomic mass is 16.5. The summed E-state index contributed by atoms with van der Waals surface area (Å²) in [5.74, 6) is 0.572. The largest absolute Gasteiger partial charge is 0.406 e. The van der Waals surface area contributed by atoms with E-state index in [2.05, 4.69) is 20.8 Å². The van der Waals surface area contributed by atoms with E-state index in [-0.39, 0.29) is 6.04 Å². The van der Waals surface area contributed by atoms with Crippen LogP contribution in [0.2, 0.25) is 0 Å². The number of methoxy groups -OCH3 is 1. The van der Waals surface area contributed by atoms with E-state index in [1.165, 1.54) is 0 Å². The van der Waals surface area contributed by atoms with Crippen LogP contribution in [-0.4, -0.2) is 23.9 Å². The van der Waals surface area contributed by atoms with Crippen molar-refractivity contribution in [3.63, 3.8) is 0 Å². The Bertz CT molecular complexity index is 541. The van der Waals surface area contributed by atoms with Crippen LogP contribution in [0.1, 0.15) is 31.3 Å². The Labute approximate surface area is 118 Å². The number of ether oxygens (including phenoxy) is 1. The van der Waals surface area contributed by atoms with Gasteiger partial charge in [0, 0.05) is 12.8 Å². The molecule has 0 radical (unpaired) electrons. The number of hydrogen-bond acceptors (Lipinski definition) is 6. The second-order valence-corrected chi connectivity index (χ2v) is 4.48. The smallest absolute Gasteiger partial charge is 0.320 e. The van der Waals surface area contributed by atoms with Crippen molar-refractivity contribution < 1.29 is 9.15 Å². The van der Waals surface area contributed by atoms with Gasteiger partial charge in [-0.3, -0.25) is 0 Å². The summed E-state index contributed by atoms with van der Waals surface area (Å²) in [7, 11) is 1.67. The molecule has 2 rings (SSSR count). The molecule has 0 bridgehead atoms. The lowest BCUT2D eigenvalue weighted by molar-refractivity contribution is 0.185. The topological polar surface area (TPSA) is 72.2 Å². The fraction of sp³-hybridized carbons (Fsp3) is 0.429. The first kappa shape index (κ1) is 14.5. The van der Waals surface area contributed by atoms with E-state index in [4.69, 9.17) is 9.15 Å². The Kier molecular flexibility index (Phi) is 5.09. The molecule has 0 spiro atoms. The Hall–Kier alpha value is -1.92. The van der Waals surface area contributed by atoms with E-state index in [0.717, 1.165) is 17.8 Å². The van der Waals surface area contributed by atoms with Gasteiger partial charge in [-0.2, -0.15) is 0 Å². The highest BCUT2D eigenvalue weighted by molar-refractivity contribution is 5.52. The Balaban J connectivity index is 2.04. The monoisotopic (exact) mass is 276 g/mol. The van der Waals surface area contributed by atoms with Crippen LogP contribution in [0.3, 0.4) is 0 Å². The van der Waals surface area contributed by atoms with Crippen LogP contribution in [0.15, 0.2) is 28.7 Å². The third kappa shape index (κ3) is 3.79. The molecule has 1 aromatic carbocycles. The zero-order valence-electron chi connectivity index (χ0n) is 12.0. The fourth-order valence-corrected chi connectivity index (χ4v) is 1.88. The van der Waals surface area contributed by atoms with Crippen LogP contribution in [0.4, 0.5) is 11.7 Å². The lowest BCUT2D eigenvalue weighted by Gasteiger charge is -2.06. The van der Waals surface area contributed by atoms with E-state index < -0.39 is 0 Å². The molecular formula is C14H20N4O2. The highest BCUT2D eigenvalue weighted by Crippen LogP contribution is 2.19. The van der Waals surface area contributed by atoms with Crippen molar-refractivity contribution in [2.75, 3.05) is 19.0 Å². The van der Waals surface area contributed by atoms with Gasteiger partial charge in [0.15, 0.2) is 0 Å². The fourth-order valence-electron chi connectivity index (χ4n) is 1.88. The van der Waals surface area contributed by atoms with Crippen molar-refractivity contribution in [3.05, 3.63) is 35.7 Å². The molecule has 0 saturated heterocycles. The van der Waals surface area contributed by atoms with Gasteiger partial charge in [-0.15, -0.1) is 5.10 Å². The number of aromatic nitrogens is 2. The van der Waals surface area contributed by atoms with Gasteiger partial charge in [0.1, 0.15) is 0 Å². The first-order valence-electron chi connectivity index (χ1n) is 6.64. The highest BCUT2D eigenvalue weighted by Gasteiger charge is 2.12. The standard InChI is InChI=1S/C14H20N4O2/c1-4-15-10(2)13-17-18-14(20-13)16-12-7-5-6-11(8-12)9-19-3/h5-8,10,15H,4,9H2,1-3H3,(H,16,18). The molecule has 108 valence electrons. The molecule has 1 unspecified atom stereocenters. The van der Waals surface area contributed by atoms with Gasteiger partial charge in [-0.1, -0.05) is 24.2 Å². The number of hydrogen-bond donors (Lipinski definition) is 2. The number of benzene rings is 1. The van der Waals surface area contributed by atoms with E-state index in [0.29, 0.717) is 18.5 Å². The maximum absolute atomic E-state index is 5.57. The zero-order valence-corrected chi connectivity index (χ0v) is 12.0. The van der Waals surface area contributed by atoms with Gasteiger partial charge in [0.2, 0.25) is 5.89 Å². The first-order chi connectivity index (χ1) is 9.72. The Morgan fingerprint density at radius 1 is 1.35 bits per heavy atom. The molecule has 0 amide bonds. The van der Waals surface area contributed by atoms with Gasteiger partial charge < -0.3 is 19.8 Å². The van der Waals surface area contributed by atoms with Crippen LogP contribution in [0, 0.1) is 0 Å². The molecule has 1 heterocycles. The number of rotatable bonds is 7. The summed E-state index contributed by atoms with van der Waals surface area (Å²) in [6, 6.07) is 8.32. The molecule has 2 aromatic rings. The van der Waals surface area contributed by atoms with Crippen molar-refractivity contribution in [1.82, 2.24) is 15.5 Å². The molecule has 2 N–H and O–H groups in total. The third-order valence-electron chi connectivity index (χ3n) is 2.81. The van der Waals surface area contributed by atoms with Crippen molar-refractivity contribution in [3.8, 4) is 0 Å². The predicted octanol–water partition coefficient (Wildman–Crippen LogP) is 2.63. The summed E-state index contributed by atoms with van der Waals surface area (Å²) in [5, 5.41) is 14.3. The molecule has 1 atom stereocenters. The Morgan fingerprint density at radius 2 is 2.20 bits per heavy atom. The second-order valence-electron chi connectivity index (χ2n) is 4.48. The summed E-state index contributed by atoms with van der Waals surface area (Å²) in [6.45, 7) is 5.45. The van der Waals surface area contributed by atoms with Crippen LogP contribution >= 0.6 is 0 Å². The maximum atomic E-state index is 5.57. The van der Waals surface area contributed by atoms with E-state index in [1.54, 1.807) is 7.11 Å². The third-order valence-corrected chi connectivity index (χ3v) is 2.81. The molecule has 20 heavy (non-hydrogen) atoms. The predicted molar refractivity (Wildman–Crippen MR) is 76.8 cm³/mol. The van der Waals surface area contributed by atoms with Crippen molar-refractivity contribution >= 4 is 11.7 Å². The molecule has 0 fully saturated rings. The summed E-state index contributed by atoms with van der Waals surface area (Å²) in [6.07, 6.45) is 0. The lowest BCUT2D eigenvalue weighted by atomic mass is 10.2.